The second kappa shape index (κ2) is 4.75. The fourth-order valence-corrected chi connectivity index (χ4v) is 1.55. The van der Waals surface area contributed by atoms with Gasteiger partial charge in [-0.3, -0.25) is 4.79 Å². The summed E-state index contributed by atoms with van der Waals surface area (Å²) < 4.78 is 0. The molecule has 2 unspecified atom stereocenters. The summed E-state index contributed by atoms with van der Waals surface area (Å²) in [6.07, 6.45) is 2.26. The van der Waals surface area contributed by atoms with Crippen molar-refractivity contribution in [2.24, 2.45) is 11.7 Å². The van der Waals surface area contributed by atoms with E-state index in [4.69, 9.17) is 10.8 Å². The Balaban J connectivity index is 2.25. The van der Waals surface area contributed by atoms with Crippen molar-refractivity contribution in [2.75, 3.05) is 13.6 Å². The van der Waals surface area contributed by atoms with Gasteiger partial charge in [0.1, 0.15) is 0 Å². The number of hydrogen-bond acceptors (Lipinski definition) is 3. The van der Waals surface area contributed by atoms with Crippen LogP contribution in [-0.2, 0) is 4.79 Å². The van der Waals surface area contributed by atoms with Crippen molar-refractivity contribution in [3.8, 4) is 0 Å². The van der Waals surface area contributed by atoms with Gasteiger partial charge in [-0.05, 0) is 25.7 Å². The van der Waals surface area contributed by atoms with Crippen molar-refractivity contribution in [3.05, 3.63) is 0 Å². The first-order valence-corrected chi connectivity index (χ1v) is 5.18. The number of hydrogen-bond donors (Lipinski definition) is 2. The fraction of sp³-hybridized carbons (Fsp3) is 0.900. The molecule has 1 saturated carbocycles. The van der Waals surface area contributed by atoms with E-state index < -0.39 is 6.10 Å². The number of rotatable bonds is 5. The third-order valence-electron chi connectivity index (χ3n) is 2.60. The molecule has 4 heteroatoms. The van der Waals surface area contributed by atoms with E-state index >= 15 is 0 Å². The first-order chi connectivity index (χ1) is 6.50. The summed E-state index contributed by atoms with van der Waals surface area (Å²) in [7, 11) is 1.70. The van der Waals surface area contributed by atoms with Crippen LogP contribution in [0, 0.1) is 5.92 Å². The zero-order valence-corrected chi connectivity index (χ0v) is 8.94. The zero-order chi connectivity index (χ0) is 10.7. The fourth-order valence-electron chi connectivity index (χ4n) is 1.55. The van der Waals surface area contributed by atoms with Gasteiger partial charge in [0, 0.05) is 26.1 Å². The van der Waals surface area contributed by atoms with Crippen molar-refractivity contribution >= 4 is 5.91 Å². The van der Waals surface area contributed by atoms with E-state index in [1.165, 1.54) is 0 Å². The van der Waals surface area contributed by atoms with E-state index in [0.29, 0.717) is 18.9 Å². The lowest BCUT2D eigenvalue weighted by Gasteiger charge is -2.20. The van der Waals surface area contributed by atoms with E-state index in [1.807, 2.05) is 0 Å². The van der Waals surface area contributed by atoms with Crippen LogP contribution >= 0.6 is 0 Å². The standard InChI is InChI=1S/C10H20N2O2/c1-7(13)6-12(2)10(14)5-9(11)8-3-4-8/h7-9,13H,3-6,11H2,1-2H3. The van der Waals surface area contributed by atoms with Gasteiger partial charge in [-0.25, -0.2) is 0 Å². The van der Waals surface area contributed by atoms with Crippen LogP contribution in [-0.4, -0.2) is 41.7 Å². The summed E-state index contributed by atoms with van der Waals surface area (Å²) >= 11 is 0. The lowest BCUT2D eigenvalue weighted by Crippen LogP contribution is -2.37. The highest BCUT2D eigenvalue weighted by atomic mass is 16.3. The molecule has 82 valence electrons. The molecular weight excluding hydrogens is 180 g/mol. The number of aliphatic hydroxyl groups excluding tert-OH is 1. The maximum absolute atomic E-state index is 11.6. The Morgan fingerprint density at radius 2 is 2.21 bits per heavy atom. The summed E-state index contributed by atoms with van der Waals surface area (Å²) in [6.45, 7) is 2.06. The van der Waals surface area contributed by atoms with Crippen molar-refractivity contribution in [1.82, 2.24) is 4.90 Å². The van der Waals surface area contributed by atoms with Crippen molar-refractivity contribution in [1.29, 1.82) is 0 Å². The van der Waals surface area contributed by atoms with Crippen LogP contribution in [0.5, 0.6) is 0 Å². The first-order valence-electron chi connectivity index (χ1n) is 5.18. The Kier molecular flexibility index (Phi) is 3.89. The van der Waals surface area contributed by atoms with Crippen LogP contribution in [0.4, 0.5) is 0 Å². The lowest BCUT2D eigenvalue weighted by atomic mass is 10.1. The summed E-state index contributed by atoms with van der Waals surface area (Å²) in [5, 5.41) is 9.10. The third kappa shape index (κ3) is 3.64. The second-order valence-corrected chi connectivity index (χ2v) is 4.33. The van der Waals surface area contributed by atoms with Crippen molar-refractivity contribution in [3.63, 3.8) is 0 Å². The number of nitrogens with zero attached hydrogens (tertiary/aromatic N) is 1. The van der Waals surface area contributed by atoms with Crippen LogP contribution in [0.15, 0.2) is 0 Å². The van der Waals surface area contributed by atoms with Gasteiger partial charge in [0.15, 0.2) is 0 Å². The van der Waals surface area contributed by atoms with Gasteiger partial charge in [0.25, 0.3) is 0 Å². The highest BCUT2D eigenvalue weighted by molar-refractivity contribution is 5.76. The van der Waals surface area contributed by atoms with Gasteiger partial charge in [-0.1, -0.05) is 0 Å². The molecule has 0 aromatic carbocycles. The molecular formula is C10H20N2O2. The monoisotopic (exact) mass is 200 g/mol. The molecule has 1 aliphatic carbocycles. The van der Waals surface area contributed by atoms with Crippen LogP contribution in [0.1, 0.15) is 26.2 Å². The van der Waals surface area contributed by atoms with E-state index in [2.05, 4.69) is 0 Å². The highest BCUT2D eigenvalue weighted by Crippen LogP contribution is 2.32. The molecule has 0 radical (unpaired) electrons. The minimum Gasteiger partial charge on any atom is -0.392 e. The van der Waals surface area contributed by atoms with Gasteiger partial charge in [0.05, 0.1) is 6.10 Å². The highest BCUT2D eigenvalue weighted by Gasteiger charge is 2.30. The molecule has 1 rings (SSSR count). The Hall–Kier alpha value is -0.610. The average Bonchev–Trinajstić information content (AvgIpc) is 2.84. The minimum absolute atomic E-state index is 0.0129. The SMILES string of the molecule is CC(O)CN(C)C(=O)CC(N)C1CC1. The molecule has 1 amide bonds. The molecule has 0 aromatic heterocycles. The second-order valence-electron chi connectivity index (χ2n) is 4.33. The predicted octanol–water partition coefficient (Wildman–Crippen LogP) is -0.0470. The maximum Gasteiger partial charge on any atom is 0.223 e. The molecule has 1 fully saturated rings. The molecule has 1 aliphatic rings. The zero-order valence-electron chi connectivity index (χ0n) is 8.94. The summed E-state index contributed by atoms with van der Waals surface area (Å²) in [4.78, 5) is 13.1. The van der Waals surface area contributed by atoms with E-state index in [9.17, 15) is 4.79 Å². The predicted molar refractivity (Wildman–Crippen MR) is 54.6 cm³/mol. The first kappa shape index (κ1) is 11.5. The summed E-state index contributed by atoms with van der Waals surface area (Å²) in [5.74, 6) is 0.587. The molecule has 3 N–H and O–H groups in total. The normalized spacial score (nSPS) is 20.3. The number of carbonyl (C=O) groups excluding carboxylic acids is 1. The van der Waals surface area contributed by atoms with E-state index in [-0.39, 0.29) is 11.9 Å². The van der Waals surface area contributed by atoms with Crippen LogP contribution in [0.2, 0.25) is 0 Å². The summed E-state index contributed by atoms with van der Waals surface area (Å²) in [6, 6.07) is 0.0129. The molecule has 2 atom stereocenters. The molecule has 14 heavy (non-hydrogen) atoms. The number of aliphatic hydroxyl groups is 1. The number of carbonyl (C=O) groups is 1. The molecule has 0 saturated heterocycles. The van der Waals surface area contributed by atoms with Gasteiger partial charge in [0.2, 0.25) is 5.91 Å². The Morgan fingerprint density at radius 1 is 1.64 bits per heavy atom. The van der Waals surface area contributed by atoms with Crippen LogP contribution in [0.25, 0.3) is 0 Å². The van der Waals surface area contributed by atoms with Crippen LogP contribution in [0.3, 0.4) is 0 Å². The topological polar surface area (TPSA) is 66.6 Å². The minimum atomic E-state index is -0.471. The van der Waals surface area contributed by atoms with Gasteiger partial charge >= 0.3 is 0 Å². The van der Waals surface area contributed by atoms with Gasteiger partial charge in [-0.15, -0.1) is 0 Å². The maximum atomic E-state index is 11.6. The molecule has 0 heterocycles. The quantitative estimate of drug-likeness (QED) is 0.654. The lowest BCUT2D eigenvalue weighted by molar-refractivity contribution is -0.131. The van der Waals surface area contributed by atoms with E-state index in [0.717, 1.165) is 12.8 Å². The van der Waals surface area contributed by atoms with Crippen molar-refractivity contribution in [2.45, 2.75) is 38.3 Å². The molecule has 0 aromatic rings. The van der Waals surface area contributed by atoms with E-state index in [1.54, 1.807) is 18.9 Å². The average molecular weight is 200 g/mol. The molecule has 0 spiro atoms. The van der Waals surface area contributed by atoms with Crippen LogP contribution < -0.4 is 5.73 Å². The number of likely N-dealkylation sites (N-methyl/N-ethyl adjacent to an activating group) is 1. The Bertz CT molecular complexity index is 202. The smallest absolute Gasteiger partial charge is 0.223 e. The number of amides is 1. The molecule has 0 bridgehead atoms. The van der Waals surface area contributed by atoms with Gasteiger partial charge < -0.3 is 15.7 Å². The third-order valence-corrected chi connectivity index (χ3v) is 2.60. The Labute approximate surface area is 85.1 Å². The molecule has 0 aliphatic heterocycles. The van der Waals surface area contributed by atoms with Gasteiger partial charge in [-0.2, -0.15) is 0 Å². The largest absolute Gasteiger partial charge is 0.392 e. The summed E-state index contributed by atoms with van der Waals surface area (Å²) in [5.41, 5.74) is 5.84. The Morgan fingerprint density at radius 3 is 2.64 bits per heavy atom. The molecule has 4 nitrogen and oxygen atoms in total. The number of nitrogens with two attached hydrogens (primary N) is 1. The van der Waals surface area contributed by atoms with Crippen molar-refractivity contribution < 1.29 is 9.90 Å².